The van der Waals surface area contributed by atoms with E-state index in [9.17, 15) is 9.59 Å². The lowest BCUT2D eigenvalue weighted by Crippen LogP contribution is -2.28. The fraction of sp³-hybridized carbons (Fsp3) is 0.250. The molecule has 1 aliphatic heterocycles. The molecule has 4 rings (SSSR count). The quantitative estimate of drug-likeness (QED) is 0.742. The number of amides is 2. The summed E-state index contributed by atoms with van der Waals surface area (Å²) < 4.78 is 1.75. The van der Waals surface area contributed by atoms with E-state index in [-0.39, 0.29) is 11.6 Å². The third kappa shape index (κ3) is 3.18. The summed E-state index contributed by atoms with van der Waals surface area (Å²) in [5.41, 5.74) is 3.00. The smallest absolute Gasteiger partial charge is 0.308 e. The highest BCUT2D eigenvalue weighted by Gasteiger charge is 2.15. The van der Waals surface area contributed by atoms with Gasteiger partial charge in [0, 0.05) is 24.3 Å². The topological polar surface area (TPSA) is 76.0 Å². The van der Waals surface area contributed by atoms with Crippen molar-refractivity contribution in [2.75, 3.05) is 10.6 Å². The molecule has 0 saturated heterocycles. The minimum absolute atomic E-state index is 0.0348. The molecule has 6 nitrogen and oxygen atoms in total. The first-order valence-electron chi connectivity index (χ1n) is 8.78. The Morgan fingerprint density at radius 3 is 2.69 bits per heavy atom. The number of rotatable bonds is 2. The molecule has 0 fully saturated rings. The molecule has 2 N–H and O–H groups in total. The van der Waals surface area contributed by atoms with Crippen LogP contribution in [0.5, 0.6) is 0 Å². The van der Waals surface area contributed by atoms with Crippen molar-refractivity contribution in [3.63, 3.8) is 0 Å². The van der Waals surface area contributed by atoms with Gasteiger partial charge in [0.15, 0.2) is 0 Å². The lowest BCUT2D eigenvalue weighted by Gasteiger charge is -2.18. The monoisotopic (exact) mass is 348 g/mol. The second-order valence-corrected chi connectivity index (χ2v) is 6.62. The van der Waals surface area contributed by atoms with Gasteiger partial charge in [0.05, 0.1) is 10.9 Å². The summed E-state index contributed by atoms with van der Waals surface area (Å²) in [4.78, 5) is 29.6. The third-order valence-corrected chi connectivity index (χ3v) is 4.60. The van der Waals surface area contributed by atoms with Crippen molar-refractivity contribution in [1.29, 1.82) is 0 Å². The summed E-state index contributed by atoms with van der Waals surface area (Å²) in [6.45, 7) is 2.68. The van der Waals surface area contributed by atoms with Gasteiger partial charge in [-0.2, -0.15) is 0 Å². The summed E-state index contributed by atoms with van der Waals surface area (Å²) in [7, 11) is 0. The minimum atomic E-state index is -0.346. The number of aromatic nitrogens is 2. The molecule has 3 aromatic rings. The van der Waals surface area contributed by atoms with Crippen LogP contribution in [-0.4, -0.2) is 15.6 Å². The van der Waals surface area contributed by atoms with Crippen LogP contribution in [0, 0.1) is 6.92 Å². The van der Waals surface area contributed by atoms with Crippen molar-refractivity contribution < 1.29 is 4.79 Å². The molecule has 2 heterocycles. The van der Waals surface area contributed by atoms with Crippen LogP contribution in [0.4, 0.5) is 16.2 Å². The van der Waals surface area contributed by atoms with E-state index in [1.807, 2.05) is 31.2 Å². The number of hydrogen-bond acceptors (Lipinski definition) is 3. The lowest BCUT2D eigenvalue weighted by molar-refractivity contribution is 0.262. The Morgan fingerprint density at radius 2 is 1.88 bits per heavy atom. The first-order chi connectivity index (χ1) is 12.6. The van der Waals surface area contributed by atoms with Gasteiger partial charge in [0.25, 0.3) is 5.56 Å². The predicted molar refractivity (Wildman–Crippen MR) is 103 cm³/mol. The van der Waals surface area contributed by atoms with Gasteiger partial charge >= 0.3 is 6.03 Å². The molecule has 2 aromatic carbocycles. The Morgan fingerprint density at radius 1 is 1.08 bits per heavy atom. The van der Waals surface area contributed by atoms with Crippen molar-refractivity contribution in [2.24, 2.45) is 0 Å². The van der Waals surface area contributed by atoms with Gasteiger partial charge in [0.2, 0.25) is 0 Å². The molecule has 2 amide bonds. The largest absolute Gasteiger partial charge is 0.323 e. The third-order valence-electron chi connectivity index (χ3n) is 4.60. The molecule has 0 saturated carbocycles. The maximum Gasteiger partial charge on any atom is 0.323 e. The number of anilines is 2. The molecular formula is C20H20N4O2. The first-order valence-corrected chi connectivity index (χ1v) is 8.78. The Balaban J connectivity index is 1.60. The highest BCUT2D eigenvalue weighted by Crippen LogP contribution is 2.19. The molecular weight excluding hydrogens is 328 g/mol. The van der Waals surface area contributed by atoms with Crippen molar-refractivity contribution in [2.45, 2.75) is 32.7 Å². The Bertz CT molecular complexity index is 1060. The normalized spacial score (nSPS) is 13.3. The summed E-state index contributed by atoms with van der Waals surface area (Å²) in [6, 6.07) is 12.5. The fourth-order valence-electron chi connectivity index (χ4n) is 3.34. The molecule has 0 bridgehead atoms. The van der Waals surface area contributed by atoms with E-state index in [1.54, 1.807) is 22.8 Å². The number of fused-ring (bicyclic) bond motifs is 2. The highest BCUT2D eigenvalue weighted by atomic mass is 16.2. The lowest BCUT2D eigenvalue weighted by atomic mass is 10.1. The Labute approximate surface area is 150 Å². The van der Waals surface area contributed by atoms with Crippen molar-refractivity contribution in [3.8, 4) is 0 Å². The van der Waals surface area contributed by atoms with Gasteiger partial charge < -0.3 is 10.6 Å². The average Bonchev–Trinajstić information content (AvgIpc) is 2.62. The van der Waals surface area contributed by atoms with Gasteiger partial charge in [-0.25, -0.2) is 9.78 Å². The second kappa shape index (κ2) is 6.63. The van der Waals surface area contributed by atoms with Gasteiger partial charge in [-0.1, -0.05) is 12.1 Å². The standard InChI is InChI=1S/C20H20N4O2/c1-13-5-4-6-14(11-13)21-20(26)22-15-8-9-17-16(12-15)19(25)24-10-3-2-7-18(24)23-17/h4-6,8-9,11-12H,2-3,7,10H2,1H3,(H2,21,22,26). The summed E-state index contributed by atoms with van der Waals surface area (Å²) in [5.74, 6) is 0.853. The number of urea groups is 1. The highest BCUT2D eigenvalue weighted by molar-refractivity contribution is 6.00. The Hall–Kier alpha value is -3.15. The number of benzene rings is 2. The van der Waals surface area contributed by atoms with Gasteiger partial charge in [0.1, 0.15) is 5.82 Å². The fourth-order valence-corrected chi connectivity index (χ4v) is 3.34. The zero-order valence-electron chi connectivity index (χ0n) is 14.6. The predicted octanol–water partition coefficient (Wildman–Crippen LogP) is 3.69. The van der Waals surface area contributed by atoms with E-state index in [0.717, 1.165) is 36.3 Å². The van der Waals surface area contributed by atoms with Crippen LogP contribution in [0.2, 0.25) is 0 Å². The maximum absolute atomic E-state index is 12.7. The summed E-state index contributed by atoms with van der Waals surface area (Å²) in [6.07, 6.45) is 2.90. The molecule has 26 heavy (non-hydrogen) atoms. The van der Waals surface area contributed by atoms with Gasteiger partial charge in [-0.15, -0.1) is 0 Å². The van der Waals surface area contributed by atoms with Crippen LogP contribution < -0.4 is 16.2 Å². The number of aryl methyl sites for hydroxylation is 2. The van der Waals surface area contributed by atoms with E-state index in [2.05, 4.69) is 15.6 Å². The van der Waals surface area contributed by atoms with E-state index in [1.165, 1.54) is 0 Å². The minimum Gasteiger partial charge on any atom is -0.308 e. The summed E-state index contributed by atoms with van der Waals surface area (Å²) >= 11 is 0. The average molecular weight is 348 g/mol. The number of carbonyl (C=O) groups is 1. The molecule has 0 spiro atoms. The van der Waals surface area contributed by atoms with Crippen molar-refractivity contribution in [3.05, 3.63) is 64.2 Å². The van der Waals surface area contributed by atoms with E-state index >= 15 is 0 Å². The van der Waals surface area contributed by atoms with Crippen molar-refractivity contribution >= 4 is 28.3 Å². The molecule has 0 aliphatic carbocycles. The molecule has 0 atom stereocenters. The van der Waals surface area contributed by atoms with Gasteiger partial charge in [-0.3, -0.25) is 9.36 Å². The zero-order chi connectivity index (χ0) is 18.1. The van der Waals surface area contributed by atoms with Crippen molar-refractivity contribution in [1.82, 2.24) is 9.55 Å². The summed E-state index contributed by atoms with van der Waals surface area (Å²) in [5, 5.41) is 6.11. The van der Waals surface area contributed by atoms with E-state index in [4.69, 9.17) is 0 Å². The van der Waals surface area contributed by atoms with Crippen LogP contribution in [0.3, 0.4) is 0 Å². The number of hydrogen-bond donors (Lipinski definition) is 2. The first kappa shape index (κ1) is 16.3. The number of nitrogens with zero attached hydrogens (tertiary/aromatic N) is 2. The van der Waals surface area contributed by atoms with Crippen LogP contribution in [0.25, 0.3) is 10.9 Å². The molecule has 132 valence electrons. The Kier molecular flexibility index (Phi) is 4.16. The van der Waals surface area contributed by atoms with Gasteiger partial charge in [-0.05, 0) is 55.7 Å². The van der Waals surface area contributed by atoms with E-state index < -0.39 is 0 Å². The molecule has 6 heteroatoms. The second-order valence-electron chi connectivity index (χ2n) is 6.62. The maximum atomic E-state index is 12.7. The van der Waals surface area contributed by atoms with Crippen LogP contribution in [0.15, 0.2) is 47.3 Å². The van der Waals surface area contributed by atoms with Crippen LogP contribution in [0.1, 0.15) is 24.2 Å². The van der Waals surface area contributed by atoms with Crippen LogP contribution >= 0.6 is 0 Å². The van der Waals surface area contributed by atoms with Crippen LogP contribution in [-0.2, 0) is 13.0 Å². The SMILES string of the molecule is Cc1cccc(NC(=O)Nc2ccc3nc4n(c(=O)c3c2)CCCC4)c1. The molecule has 0 unspecified atom stereocenters. The molecule has 1 aromatic heterocycles. The number of nitrogens with one attached hydrogen (secondary N) is 2. The molecule has 1 aliphatic rings. The van der Waals surface area contributed by atoms with E-state index in [0.29, 0.717) is 23.1 Å². The zero-order valence-corrected chi connectivity index (χ0v) is 14.6. The number of carbonyl (C=O) groups excluding carboxylic acids is 1. The molecule has 0 radical (unpaired) electrons.